The van der Waals surface area contributed by atoms with E-state index in [-0.39, 0.29) is 0 Å². The van der Waals surface area contributed by atoms with Crippen LogP contribution in [0, 0.1) is 0 Å². The molecule has 0 amide bonds. The molecule has 14 heavy (non-hydrogen) atoms. The molecule has 0 aliphatic heterocycles. The van der Waals surface area contributed by atoms with Gasteiger partial charge in [-0.25, -0.2) is 0 Å². The number of phenols is 1. The Labute approximate surface area is 90.7 Å². The molecule has 1 rings (SSSR count). The van der Waals surface area contributed by atoms with Gasteiger partial charge >= 0.3 is 0 Å². The third-order valence-electron chi connectivity index (χ3n) is 2.37. The largest absolute Gasteiger partial charge is 0.508 e. The van der Waals surface area contributed by atoms with E-state index >= 15 is 0 Å². The molecule has 0 bridgehead atoms. The summed E-state index contributed by atoms with van der Waals surface area (Å²) < 4.78 is 0. The third kappa shape index (κ3) is 2.03. The lowest BCUT2D eigenvalue weighted by atomic mass is 9.90. The van der Waals surface area contributed by atoms with Crippen LogP contribution in [0.3, 0.4) is 0 Å². The molecule has 0 aliphatic rings. The normalized spacial score (nSPS) is 11.4. The van der Waals surface area contributed by atoms with Gasteiger partial charge < -0.3 is 5.11 Å². The Morgan fingerprint density at radius 1 is 1.00 bits per heavy atom. The van der Waals surface area contributed by atoms with Gasteiger partial charge in [0.25, 0.3) is 0 Å². The van der Waals surface area contributed by atoms with Crippen molar-refractivity contribution in [2.45, 2.75) is 39.5 Å². The fourth-order valence-corrected chi connectivity index (χ4v) is 2.17. The van der Waals surface area contributed by atoms with Crippen LogP contribution in [0.2, 0.25) is 5.02 Å². The van der Waals surface area contributed by atoms with E-state index in [4.69, 9.17) is 11.6 Å². The molecule has 1 nitrogen and oxygen atoms in total. The molecule has 0 radical (unpaired) electrons. The standard InChI is InChI=1S/C12H17ClO/c1-7(2)11-9(13)5-6-10(14)12(11)8(3)4/h5-8,14H,1-4H3. The van der Waals surface area contributed by atoms with Crippen LogP contribution in [-0.2, 0) is 0 Å². The molecule has 0 heterocycles. The van der Waals surface area contributed by atoms with Crippen molar-refractivity contribution >= 4 is 11.6 Å². The topological polar surface area (TPSA) is 20.2 Å². The summed E-state index contributed by atoms with van der Waals surface area (Å²) in [5.74, 6) is 0.992. The number of hydrogen-bond donors (Lipinski definition) is 1. The Morgan fingerprint density at radius 3 is 1.86 bits per heavy atom. The lowest BCUT2D eigenvalue weighted by Gasteiger charge is -2.18. The predicted molar refractivity (Wildman–Crippen MR) is 61.3 cm³/mol. The first-order chi connectivity index (χ1) is 6.45. The van der Waals surface area contributed by atoms with E-state index in [0.29, 0.717) is 17.6 Å². The second-order valence-electron chi connectivity index (χ2n) is 4.20. The van der Waals surface area contributed by atoms with E-state index in [9.17, 15) is 5.11 Å². The number of rotatable bonds is 2. The SMILES string of the molecule is CC(C)c1c(O)ccc(Cl)c1C(C)C. The smallest absolute Gasteiger partial charge is 0.119 e. The van der Waals surface area contributed by atoms with Gasteiger partial charge in [-0.05, 0) is 29.5 Å². The van der Waals surface area contributed by atoms with Crippen molar-refractivity contribution in [3.05, 3.63) is 28.3 Å². The summed E-state index contributed by atoms with van der Waals surface area (Å²) in [6.07, 6.45) is 0. The van der Waals surface area contributed by atoms with Gasteiger partial charge in [-0.1, -0.05) is 39.3 Å². The number of hydrogen-bond acceptors (Lipinski definition) is 1. The zero-order valence-electron chi connectivity index (χ0n) is 9.13. The molecule has 0 fully saturated rings. The minimum atomic E-state index is 0.297. The van der Waals surface area contributed by atoms with Gasteiger partial charge in [0.05, 0.1) is 0 Å². The van der Waals surface area contributed by atoms with E-state index in [1.807, 2.05) is 0 Å². The quantitative estimate of drug-likeness (QED) is 0.776. The Bertz CT molecular complexity index is 296. The van der Waals surface area contributed by atoms with Crippen molar-refractivity contribution in [1.82, 2.24) is 0 Å². The number of benzene rings is 1. The highest BCUT2D eigenvalue weighted by molar-refractivity contribution is 6.31. The fourth-order valence-electron chi connectivity index (χ4n) is 1.79. The highest BCUT2D eigenvalue weighted by Gasteiger charge is 2.17. The van der Waals surface area contributed by atoms with E-state index in [1.165, 1.54) is 0 Å². The van der Waals surface area contributed by atoms with Crippen LogP contribution in [0.15, 0.2) is 12.1 Å². The van der Waals surface area contributed by atoms with Crippen LogP contribution < -0.4 is 0 Å². The Morgan fingerprint density at radius 2 is 1.50 bits per heavy atom. The highest BCUT2D eigenvalue weighted by Crippen LogP contribution is 2.37. The molecule has 78 valence electrons. The zero-order chi connectivity index (χ0) is 10.9. The van der Waals surface area contributed by atoms with Crippen LogP contribution in [0.5, 0.6) is 5.75 Å². The second-order valence-corrected chi connectivity index (χ2v) is 4.61. The average Bonchev–Trinajstić information content (AvgIpc) is 2.07. The molecule has 1 aromatic rings. The average molecular weight is 213 g/mol. The van der Waals surface area contributed by atoms with Gasteiger partial charge in [-0.15, -0.1) is 0 Å². The number of halogens is 1. The molecule has 0 aliphatic carbocycles. The lowest BCUT2D eigenvalue weighted by molar-refractivity contribution is 0.462. The van der Waals surface area contributed by atoms with E-state index in [2.05, 4.69) is 27.7 Å². The van der Waals surface area contributed by atoms with E-state index < -0.39 is 0 Å². The van der Waals surface area contributed by atoms with Crippen LogP contribution >= 0.6 is 11.6 Å². The summed E-state index contributed by atoms with van der Waals surface area (Å²) in [5.41, 5.74) is 2.05. The van der Waals surface area contributed by atoms with Crippen LogP contribution in [0.25, 0.3) is 0 Å². The van der Waals surface area contributed by atoms with Gasteiger partial charge in [-0.3, -0.25) is 0 Å². The summed E-state index contributed by atoms with van der Waals surface area (Å²) in [5, 5.41) is 10.5. The van der Waals surface area contributed by atoms with E-state index in [0.717, 1.165) is 16.1 Å². The maximum absolute atomic E-state index is 9.78. The number of phenolic OH excluding ortho intramolecular Hbond substituents is 1. The number of aromatic hydroxyl groups is 1. The first kappa shape index (κ1) is 11.4. The molecular formula is C12H17ClO. The van der Waals surface area contributed by atoms with E-state index in [1.54, 1.807) is 12.1 Å². The van der Waals surface area contributed by atoms with Gasteiger partial charge in [-0.2, -0.15) is 0 Å². The second kappa shape index (κ2) is 4.22. The minimum absolute atomic E-state index is 0.297. The van der Waals surface area contributed by atoms with Crippen LogP contribution in [-0.4, -0.2) is 5.11 Å². The molecule has 0 unspecified atom stereocenters. The van der Waals surface area contributed by atoms with Gasteiger partial charge in [0.2, 0.25) is 0 Å². The summed E-state index contributed by atoms with van der Waals surface area (Å²) in [7, 11) is 0. The van der Waals surface area contributed by atoms with Crippen molar-refractivity contribution in [3.8, 4) is 5.75 Å². The molecule has 2 heteroatoms. The predicted octanol–water partition coefficient (Wildman–Crippen LogP) is 4.29. The maximum Gasteiger partial charge on any atom is 0.119 e. The summed E-state index contributed by atoms with van der Waals surface area (Å²) >= 11 is 6.13. The Hall–Kier alpha value is -0.690. The maximum atomic E-state index is 9.78. The lowest BCUT2D eigenvalue weighted by Crippen LogP contribution is -2.00. The van der Waals surface area contributed by atoms with Crippen molar-refractivity contribution < 1.29 is 5.11 Å². The summed E-state index contributed by atoms with van der Waals surface area (Å²) in [4.78, 5) is 0. The Kier molecular flexibility index (Phi) is 3.43. The van der Waals surface area contributed by atoms with Crippen molar-refractivity contribution in [2.75, 3.05) is 0 Å². The molecular weight excluding hydrogens is 196 g/mol. The van der Waals surface area contributed by atoms with Crippen molar-refractivity contribution in [2.24, 2.45) is 0 Å². The van der Waals surface area contributed by atoms with Crippen molar-refractivity contribution in [3.63, 3.8) is 0 Å². The monoisotopic (exact) mass is 212 g/mol. The highest BCUT2D eigenvalue weighted by atomic mass is 35.5. The molecule has 0 atom stereocenters. The third-order valence-corrected chi connectivity index (χ3v) is 2.70. The molecule has 0 aromatic heterocycles. The summed E-state index contributed by atoms with van der Waals surface area (Å²) in [6, 6.07) is 3.43. The van der Waals surface area contributed by atoms with Gasteiger partial charge in [0, 0.05) is 10.6 Å². The fraction of sp³-hybridized carbons (Fsp3) is 0.500. The van der Waals surface area contributed by atoms with Gasteiger partial charge in [0.15, 0.2) is 0 Å². The molecule has 0 saturated carbocycles. The first-order valence-electron chi connectivity index (χ1n) is 4.96. The Balaban J connectivity index is 3.42. The van der Waals surface area contributed by atoms with Crippen LogP contribution in [0.4, 0.5) is 0 Å². The van der Waals surface area contributed by atoms with Crippen molar-refractivity contribution in [1.29, 1.82) is 0 Å². The summed E-state index contributed by atoms with van der Waals surface area (Å²) in [6.45, 7) is 8.31. The molecule has 1 aromatic carbocycles. The van der Waals surface area contributed by atoms with Crippen LogP contribution in [0.1, 0.15) is 50.7 Å². The molecule has 1 N–H and O–H groups in total. The molecule has 0 saturated heterocycles. The molecule has 0 spiro atoms. The minimum Gasteiger partial charge on any atom is -0.508 e. The van der Waals surface area contributed by atoms with Gasteiger partial charge in [0.1, 0.15) is 5.75 Å². The zero-order valence-corrected chi connectivity index (χ0v) is 9.89. The first-order valence-corrected chi connectivity index (χ1v) is 5.34.